The van der Waals surface area contributed by atoms with Crippen LogP contribution in [0, 0.1) is 11.3 Å². The highest BCUT2D eigenvalue weighted by Crippen LogP contribution is 2.33. The zero-order chi connectivity index (χ0) is 13.8. The molecule has 0 aliphatic rings. The molecule has 0 amide bonds. The van der Waals surface area contributed by atoms with E-state index in [1.54, 1.807) is 24.3 Å². The van der Waals surface area contributed by atoms with E-state index in [1.165, 1.54) is 0 Å². The van der Waals surface area contributed by atoms with Crippen LogP contribution in [0.3, 0.4) is 0 Å². The molecule has 0 bridgehead atoms. The number of nitriles is 1. The van der Waals surface area contributed by atoms with Crippen molar-refractivity contribution in [2.24, 2.45) is 0 Å². The van der Waals surface area contributed by atoms with Gasteiger partial charge in [0.25, 0.3) is 0 Å². The van der Waals surface area contributed by atoms with Crippen molar-refractivity contribution in [2.75, 3.05) is 5.73 Å². The third-order valence-electron chi connectivity index (χ3n) is 2.79. The summed E-state index contributed by atoms with van der Waals surface area (Å²) in [4.78, 5) is 0. The SMILES string of the molecule is CCc1ccc(Oc2cccc(Cl)c2C#N)c(N)c1. The molecule has 0 aromatic heterocycles. The Labute approximate surface area is 117 Å². The Hall–Kier alpha value is -2.18. The van der Waals surface area contributed by atoms with Gasteiger partial charge in [-0.25, -0.2) is 0 Å². The Morgan fingerprint density at radius 3 is 2.68 bits per heavy atom. The number of hydrogen-bond donors (Lipinski definition) is 1. The van der Waals surface area contributed by atoms with Gasteiger partial charge in [-0.2, -0.15) is 5.26 Å². The minimum atomic E-state index is 0.308. The van der Waals surface area contributed by atoms with Gasteiger partial charge in [0, 0.05) is 0 Å². The summed E-state index contributed by atoms with van der Waals surface area (Å²) in [5.74, 6) is 0.932. The van der Waals surface area contributed by atoms with Crippen molar-refractivity contribution in [1.29, 1.82) is 5.26 Å². The monoisotopic (exact) mass is 272 g/mol. The zero-order valence-electron chi connectivity index (χ0n) is 10.5. The van der Waals surface area contributed by atoms with Crippen LogP contribution in [0.15, 0.2) is 36.4 Å². The number of halogens is 1. The van der Waals surface area contributed by atoms with Crippen LogP contribution in [0.25, 0.3) is 0 Å². The first-order chi connectivity index (χ1) is 9.15. The molecule has 0 spiro atoms. The smallest absolute Gasteiger partial charge is 0.150 e. The van der Waals surface area contributed by atoms with Crippen LogP contribution >= 0.6 is 11.6 Å². The lowest BCUT2D eigenvalue weighted by Crippen LogP contribution is -1.95. The van der Waals surface area contributed by atoms with E-state index in [9.17, 15) is 0 Å². The summed E-state index contributed by atoms with van der Waals surface area (Å²) >= 11 is 5.95. The van der Waals surface area contributed by atoms with Crippen molar-refractivity contribution < 1.29 is 4.74 Å². The second-order valence-corrected chi connectivity index (χ2v) is 4.46. The number of aryl methyl sites for hydroxylation is 1. The summed E-state index contributed by atoms with van der Waals surface area (Å²) in [7, 11) is 0. The van der Waals surface area contributed by atoms with Crippen LogP contribution in [0.1, 0.15) is 18.1 Å². The molecular formula is C15H13ClN2O. The molecule has 0 radical (unpaired) electrons. The summed E-state index contributed by atoms with van der Waals surface area (Å²) in [6, 6.07) is 12.7. The van der Waals surface area contributed by atoms with Crippen molar-refractivity contribution in [2.45, 2.75) is 13.3 Å². The second-order valence-electron chi connectivity index (χ2n) is 4.05. The van der Waals surface area contributed by atoms with Crippen molar-refractivity contribution >= 4 is 17.3 Å². The predicted molar refractivity (Wildman–Crippen MR) is 76.5 cm³/mol. The van der Waals surface area contributed by atoms with Gasteiger partial charge in [-0.05, 0) is 36.2 Å². The number of benzene rings is 2. The largest absolute Gasteiger partial charge is 0.454 e. The molecule has 4 heteroatoms. The minimum Gasteiger partial charge on any atom is -0.454 e. The van der Waals surface area contributed by atoms with Crippen LogP contribution in [0.2, 0.25) is 5.02 Å². The van der Waals surface area contributed by atoms with Crippen LogP contribution in [-0.4, -0.2) is 0 Å². The van der Waals surface area contributed by atoms with E-state index in [1.807, 2.05) is 18.2 Å². The maximum absolute atomic E-state index is 9.08. The highest BCUT2D eigenvalue weighted by Gasteiger charge is 2.10. The Morgan fingerprint density at radius 1 is 1.26 bits per heavy atom. The average molecular weight is 273 g/mol. The van der Waals surface area contributed by atoms with E-state index in [-0.39, 0.29) is 0 Å². The molecule has 0 aliphatic carbocycles. The molecular weight excluding hydrogens is 260 g/mol. The number of nitrogen functional groups attached to an aromatic ring is 1. The predicted octanol–water partition coefficient (Wildman–Crippen LogP) is 4.15. The Morgan fingerprint density at radius 2 is 2.05 bits per heavy atom. The fourth-order valence-electron chi connectivity index (χ4n) is 1.73. The fraction of sp³-hybridized carbons (Fsp3) is 0.133. The van der Waals surface area contributed by atoms with Gasteiger partial charge in [0.2, 0.25) is 0 Å². The van der Waals surface area contributed by atoms with Gasteiger partial charge in [0.05, 0.1) is 10.7 Å². The average Bonchev–Trinajstić information content (AvgIpc) is 2.41. The van der Waals surface area contributed by atoms with E-state index in [2.05, 4.69) is 6.92 Å². The molecule has 2 N–H and O–H groups in total. The third kappa shape index (κ3) is 2.81. The molecule has 2 rings (SSSR count). The van der Waals surface area contributed by atoms with E-state index in [4.69, 9.17) is 27.3 Å². The van der Waals surface area contributed by atoms with Gasteiger partial charge in [-0.1, -0.05) is 30.7 Å². The highest BCUT2D eigenvalue weighted by atomic mass is 35.5. The lowest BCUT2D eigenvalue weighted by atomic mass is 10.1. The molecule has 19 heavy (non-hydrogen) atoms. The molecule has 0 aliphatic heterocycles. The van der Waals surface area contributed by atoms with Gasteiger partial charge in [-0.3, -0.25) is 0 Å². The molecule has 2 aromatic carbocycles. The molecule has 96 valence electrons. The topological polar surface area (TPSA) is 59.0 Å². The first-order valence-corrected chi connectivity index (χ1v) is 6.28. The molecule has 3 nitrogen and oxygen atoms in total. The van der Waals surface area contributed by atoms with Crippen LogP contribution in [0.5, 0.6) is 11.5 Å². The maximum atomic E-state index is 9.08. The van der Waals surface area contributed by atoms with E-state index in [0.717, 1.165) is 12.0 Å². The van der Waals surface area contributed by atoms with Crippen LogP contribution in [-0.2, 0) is 6.42 Å². The molecule has 2 aromatic rings. The molecule has 0 heterocycles. The third-order valence-corrected chi connectivity index (χ3v) is 3.10. The Bertz CT molecular complexity index is 647. The van der Waals surface area contributed by atoms with Gasteiger partial charge in [-0.15, -0.1) is 0 Å². The summed E-state index contributed by atoms with van der Waals surface area (Å²) in [6.07, 6.45) is 0.908. The summed E-state index contributed by atoms with van der Waals surface area (Å²) < 4.78 is 5.68. The summed E-state index contributed by atoms with van der Waals surface area (Å²) in [5, 5.41) is 9.45. The number of nitrogens with zero attached hydrogens (tertiary/aromatic N) is 1. The first kappa shape index (κ1) is 13.3. The minimum absolute atomic E-state index is 0.308. The fourth-order valence-corrected chi connectivity index (χ4v) is 1.94. The second kappa shape index (κ2) is 5.64. The molecule has 0 unspecified atom stereocenters. The van der Waals surface area contributed by atoms with Crippen molar-refractivity contribution in [3.8, 4) is 17.6 Å². The lowest BCUT2D eigenvalue weighted by molar-refractivity contribution is 0.483. The van der Waals surface area contributed by atoms with Gasteiger partial charge >= 0.3 is 0 Å². The number of anilines is 1. The maximum Gasteiger partial charge on any atom is 0.150 e. The standard InChI is InChI=1S/C15H13ClN2O/c1-2-10-6-7-15(13(18)8-10)19-14-5-3-4-12(16)11(14)9-17/h3-8H,2,18H2,1H3. The van der Waals surface area contributed by atoms with Crippen molar-refractivity contribution in [3.05, 3.63) is 52.5 Å². The zero-order valence-corrected chi connectivity index (χ0v) is 11.2. The number of ether oxygens (including phenoxy) is 1. The van der Waals surface area contributed by atoms with Crippen LogP contribution in [0.4, 0.5) is 5.69 Å². The van der Waals surface area contributed by atoms with Gasteiger partial charge < -0.3 is 10.5 Å². The normalized spacial score (nSPS) is 9.95. The number of hydrogen-bond acceptors (Lipinski definition) is 3. The summed E-state index contributed by atoms with van der Waals surface area (Å²) in [5.41, 5.74) is 7.92. The van der Waals surface area contributed by atoms with E-state index >= 15 is 0 Å². The van der Waals surface area contributed by atoms with E-state index < -0.39 is 0 Å². The van der Waals surface area contributed by atoms with Crippen LogP contribution < -0.4 is 10.5 Å². The molecule has 0 atom stereocenters. The molecule has 0 fully saturated rings. The highest BCUT2D eigenvalue weighted by molar-refractivity contribution is 6.31. The van der Waals surface area contributed by atoms with E-state index in [0.29, 0.717) is 27.8 Å². The summed E-state index contributed by atoms with van der Waals surface area (Å²) in [6.45, 7) is 2.06. The molecule has 0 saturated carbocycles. The number of nitrogens with two attached hydrogens (primary N) is 1. The Balaban J connectivity index is 2.37. The number of rotatable bonds is 3. The van der Waals surface area contributed by atoms with Gasteiger partial charge in [0.1, 0.15) is 23.1 Å². The Kier molecular flexibility index (Phi) is 3.94. The van der Waals surface area contributed by atoms with Gasteiger partial charge in [0.15, 0.2) is 0 Å². The van der Waals surface area contributed by atoms with Crippen molar-refractivity contribution in [3.63, 3.8) is 0 Å². The quantitative estimate of drug-likeness (QED) is 0.854. The first-order valence-electron chi connectivity index (χ1n) is 5.90. The molecule has 0 saturated heterocycles. The lowest BCUT2D eigenvalue weighted by Gasteiger charge is -2.11. The van der Waals surface area contributed by atoms with Crippen molar-refractivity contribution in [1.82, 2.24) is 0 Å².